The Kier molecular flexibility index (Phi) is 2.34. The first-order valence-corrected chi connectivity index (χ1v) is 5.55. The Bertz CT molecular complexity index is 573. The van der Waals surface area contributed by atoms with E-state index in [2.05, 4.69) is 9.97 Å². The molecule has 90 valence electrons. The predicted octanol–water partition coefficient (Wildman–Crippen LogP) is 0.929. The Morgan fingerprint density at radius 1 is 1.17 bits per heavy atom. The summed E-state index contributed by atoms with van der Waals surface area (Å²) in [5.74, 6) is -0.545. The SMILES string of the molecule is NC(=O)C1(c2ccccn2)OC1c1ccccn1. The van der Waals surface area contributed by atoms with Gasteiger partial charge in [0.2, 0.25) is 5.60 Å². The van der Waals surface area contributed by atoms with Crippen LogP contribution < -0.4 is 5.73 Å². The molecular weight excluding hydrogens is 230 g/mol. The molecule has 18 heavy (non-hydrogen) atoms. The lowest BCUT2D eigenvalue weighted by molar-refractivity contribution is -0.123. The van der Waals surface area contributed by atoms with Crippen LogP contribution in [0.2, 0.25) is 0 Å². The number of primary amides is 1. The average molecular weight is 241 g/mol. The van der Waals surface area contributed by atoms with Crippen molar-refractivity contribution in [1.82, 2.24) is 9.97 Å². The van der Waals surface area contributed by atoms with E-state index in [0.717, 1.165) is 0 Å². The van der Waals surface area contributed by atoms with Gasteiger partial charge in [0.1, 0.15) is 6.10 Å². The van der Waals surface area contributed by atoms with E-state index < -0.39 is 17.6 Å². The van der Waals surface area contributed by atoms with Crippen LogP contribution in [0.5, 0.6) is 0 Å². The van der Waals surface area contributed by atoms with Gasteiger partial charge in [-0.2, -0.15) is 0 Å². The summed E-state index contributed by atoms with van der Waals surface area (Å²) in [7, 11) is 0. The first-order valence-electron chi connectivity index (χ1n) is 5.55. The molecule has 2 aromatic rings. The molecule has 1 fully saturated rings. The van der Waals surface area contributed by atoms with E-state index in [0.29, 0.717) is 11.4 Å². The summed E-state index contributed by atoms with van der Waals surface area (Å²) in [6, 6.07) is 10.7. The van der Waals surface area contributed by atoms with Crippen LogP contribution in [0.1, 0.15) is 17.5 Å². The summed E-state index contributed by atoms with van der Waals surface area (Å²) in [5, 5.41) is 0. The fourth-order valence-corrected chi connectivity index (χ4v) is 2.04. The summed E-state index contributed by atoms with van der Waals surface area (Å²) in [6.45, 7) is 0. The lowest BCUT2D eigenvalue weighted by Gasteiger charge is -2.07. The lowest BCUT2D eigenvalue weighted by atomic mass is 9.97. The Balaban J connectivity index is 2.01. The minimum atomic E-state index is -1.17. The molecule has 1 aliphatic heterocycles. The summed E-state index contributed by atoms with van der Waals surface area (Å²) in [6.07, 6.45) is 2.81. The van der Waals surface area contributed by atoms with Gasteiger partial charge < -0.3 is 10.5 Å². The molecular formula is C13H11N3O2. The Morgan fingerprint density at radius 3 is 2.44 bits per heavy atom. The fraction of sp³-hybridized carbons (Fsp3) is 0.154. The zero-order valence-electron chi connectivity index (χ0n) is 9.48. The highest BCUT2D eigenvalue weighted by Crippen LogP contribution is 2.55. The van der Waals surface area contributed by atoms with E-state index >= 15 is 0 Å². The molecule has 0 aromatic carbocycles. The minimum absolute atomic E-state index is 0.453. The van der Waals surface area contributed by atoms with Crippen LogP contribution in [-0.4, -0.2) is 15.9 Å². The molecule has 0 aliphatic carbocycles. The van der Waals surface area contributed by atoms with Crippen molar-refractivity contribution in [3.05, 3.63) is 60.2 Å². The van der Waals surface area contributed by atoms with E-state index in [4.69, 9.17) is 10.5 Å². The summed E-state index contributed by atoms with van der Waals surface area (Å²) in [4.78, 5) is 20.0. The Labute approximate surface area is 104 Å². The van der Waals surface area contributed by atoms with E-state index in [-0.39, 0.29) is 0 Å². The zero-order chi connectivity index (χ0) is 12.6. The number of carbonyl (C=O) groups excluding carboxylic acids is 1. The van der Waals surface area contributed by atoms with Crippen molar-refractivity contribution < 1.29 is 9.53 Å². The van der Waals surface area contributed by atoms with Crippen LogP contribution in [0.4, 0.5) is 0 Å². The van der Waals surface area contributed by atoms with Crippen molar-refractivity contribution in [3.8, 4) is 0 Å². The second-order valence-electron chi connectivity index (χ2n) is 4.07. The molecule has 5 heteroatoms. The van der Waals surface area contributed by atoms with Crippen LogP contribution >= 0.6 is 0 Å². The van der Waals surface area contributed by atoms with Crippen LogP contribution in [0, 0.1) is 0 Å². The molecule has 0 radical (unpaired) electrons. The highest BCUT2D eigenvalue weighted by atomic mass is 16.6. The van der Waals surface area contributed by atoms with Gasteiger partial charge in [0.25, 0.3) is 5.91 Å². The van der Waals surface area contributed by atoms with Gasteiger partial charge in [0.05, 0.1) is 11.4 Å². The maximum atomic E-state index is 11.7. The maximum Gasteiger partial charge on any atom is 0.259 e. The van der Waals surface area contributed by atoms with E-state index in [1.807, 2.05) is 6.07 Å². The first kappa shape index (κ1) is 10.9. The van der Waals surface area contributed by atoms with Gasteiger partial charge >= 0.3 is 0 Å². The van der Waals surface area contributed by atoms with Crippen molar-refractivity contribution in [3.63, 3.8) is 0 Å². The lowest BCUT2D eigenvalue weighted by Crippen LogP contribution is -2.31. The number of nitrogens with zero attached hydrogens (tertiary/aromatic N) is 2. The van der Waals surface area contributed by atoms with Gasteiger partial charge in [-0.25, -0.2) is 0 Å². The molecule has 1 aliphatic rings. The van der Waals surface area contributed by atoms with E-state index in [9.17, 15) is 4.79 Å². The van der Waals surface area contributed by atoms with Gasteiger partial charge in [0.15, 0.2) is 0 Å². The number of nitrogens with two attached hydrogens (primary N) is 1. The largest absolute Gasteiger partial charge is 0.367 e. The van der Waals surface area contributed by atoms with Gasteiger partial charge in [-0.3, -0.25) is 14.8 Å². The molecule has 1 amide bonds. The monoisotopic (exact) mass is 241 g/mol. The molecule has 0 bridgehead atoms. The van der Waals surface area contributed by atoms with Crippen LogP contribution in [0.25, 0.3) is 0 Å². The summed E-state index contributed by atoms with van der Waals surface area (Å²) < 4.78 is 5.54. The number of hydrogen-bond acceptors (Lipinski definition) is 4. The maximum absolute atomic E-state index is 11.7. The Hall–Kier alpha value is -2.27. The number of ether oxygens (including phenoxy) is 1. The smallest absolute Gasteiger partial charge is 0.259 e. The number of amides is 1. The van der Waals surface area contributed by atoms with E-state index in [1.165, 1.54) is 0 Å². The van der Waals surface area contributed by atoms with Gasteiger partial charge in [-0.15, -0.1) is 0 Å². The zero-order valence-corrected chi connectivity index (χ0v) is 9.48. The van der Waals surface area contributed by atoms with Crippen molar-refractivity contribution in [2.75, 3.05) is 0 Å². The van der Waals surface area contributed by atoms with Crippen molar-refractivity contribution in [1.29, 1.82) is 0 Å². The molecule has 2 aromatic heterocycles. The highest BCUT2D eigenvalue weighted by molar-refractivity contribution is 5.88. The normalized spacial score (nSPS) is 25.7. The van der Waals surface area contributed by atoms with Crippen molar-refractivity contribution >= 4 is 5.91 Å². The molecule has 2 N–H and O–H groups in total. The second kappa shape index (κ2) is 3.89. The third-order valence-electron chi connectivity index (χ3n) is 2.98. The number of aromatic nitrogens is 2. The van der Waals surface area contributed by atoms with Crippen LogP contribution in [0.3, 0.4) is 0 Å². The quantitative estimate of drug-likeness (QED) is 0.810. The molecule has 3 heterocycles. The molecule has 2 atom stereocenters. The van der Waals surface area contributed by atoms with E-state index in [1.54, 1.807) is 42.7 Å². The number of rotatable bonds is 3. The molecule has 0 spiro atoms. The summed E-state index contributed by atoms with van der Waals surface area (Å²) >= 11 is 0. The number of hydrogen-bond donors (Lipinski definition) is 1. The molecule has 3 rings (SSSR count). The number of carbonyl (C=O) groups is 1. The Morgan fingerprint density at radius 2 is 1.89 bits per heavy atom. The molecule has 2 unspecified atom stereocenters. The third kappa shape index (κ3) is 1.48. The molecule has 1 saturated heterocycles. The fourth-order valence-electron chi connectivity index (χ4n) is 2.04. The standard InChI is InChI=1S/C13H11N3O2/c14-12(17)13(10-6-2-4-8-16-10)11(18-13)9-5-1-3-7-15-9/h1-8,11H,(H2,14,17). The number of pyridine rings is 2. The second-order valence-corrected chi connectivity index (χ2v) is 4.07. The van der Waals surface area contributed by atoms with Crippen LogP contribution in [0.15, 0.2) is 48.8 Å². The highest BCUT2D eigenvalue weighted by Gasteiger charge is 2.65. The summed E-state index contributed by atoms with van der Waals surface area (Å²) in [5.41, 5.74) is 5.49. The first-order chi connectivity index (χ1) is 8.75. The third-order valence-corrected chi connectivity index (χ3v) is 2.98. The molecule has 0 saturated carbocycles. The topological polar surface area (TPSA) is 81.4 Å². The van der Waals surface area contributed by atoms with Gasteiger partial charge in [-0.1, -0.05) is 12.1 Å². The molecule has 5 nitrogen and oxygen atoms in total. The van der Waals surface area contributed by atoms with Crippen molar-refractivity contribution in [2.45, 2.75) is 11.7 Å². The van der Waals surface area contributed by atoms with Crippen molar-refractivity contribution in [2.24, 2.45) is 5.73 Å². The predicted molar refractivity (Wildman–Crippen MR) is 63.2 cm³/mol. The average Bonchev–Trinajstić information content (AvgIpc) is 3.18. The van der Waals surface area contributed by atoms with Crippen LogP contribution in [-0.2, 0) is 15.1 Å². The van der Waals surface area contributed by atoms with Gasteiger partial charge in [-0.05, 0) is 24.3 Å². The number of epoxide rings is 1. The van der Waals surface area contributed by atoms with Gasteiger partial charge in [0, 0.05) is 12.4 Å². The minimum Gasteiger partial charge on any atom is -0.367 e.